The zero-order valence-corrected chi connectivity index (χ0v) is 17.0. The lowest BCUT2D eigenvalue weighted by Gasteiger charge is -2.22. The van der Waals surface area contributed by atoms with Crippen LogP contribution in [0.3, 0.4) is 0 Å². The predicted molar refractivity (Wildman–Crippen MR) is 121 cm³/mol. The van der Waals surface area contributed by atoms with E-state index in [4.69, 9.17) is 15.7 Å². The number of amides is 1. The molecule has 1 aliphatic rings. The fourth-order valence-electron chi connectivity index (χ4n) is 4.07. The van der Waals surface area contributed by atoms with E-state index in [0.29, 0.717) is 27.8 Å². The van der Waals surface area contributed by atoms with Crippen LogP contribution in [0.15, 0.2) is 53.9 Å². The molecule has 0 radical (unpaired) electrons. The van der Waals surface area contributed by atoms with Gasteiger partial charge in [-0.25, -0.2) is 9.97 Å². The van der Waals surface area contributed by atoms with Crippen LogP contribution in [0.4, 0.5) is 5.82 Å². The van der Waals surface area contributed by atoms with E-state index in [0.717, 1.165) is 31.2 Å². The molecule has 3 N–H and O–H groups in total. The summed E-state index contributed by atoms with van der Waals surface area (Å²) in [4.78, 5) is 26.8. The summed E-state index contributed by atoms with van der Waals surface area (Å²) in [6.07, 6.45) is 10.5. The zero-order valence-electron chi connectivity index (χ0n) is 17.0. The Kier molecular flexibility index (Phi) is 5.03. The van der Waals surface area contributed by atoms with Crippen molar-refractivity contribution in [1.29, 1.82) is 0 Å². The Morgan fingerprint density at radius 3 is 2.61 bits per heavy atom. The van der Waals surface area contributed by atoms with E-state index in [2.05, 4.69) is 15.4 Å². The molecule has 3 aromatic heterocycles. The van der Waals surface area contributed by atoms with Crippen LogP contribution in [0.1, 0.15) is 48.0 Å². The van der Waals surface area contributed by atoms with Crippen LogP contribution in [-0.2, 0) is 0 Å². The lowest BCUT2D eigenvalue weighted by Crippen LogP contribution is -2.36. The average molecular weight is 413 g/mol. The van der Waals surface area contributed by atoms with Gasteiger partial charge in [0, 0.05) is 24.0 Å². The SMILES string of the molecule is Nc1c(C(=O)NC2CCCCC2)c2nc3ccccc3nc2n1/N=C/c1cccnc1. The van der Waals surface area contributed by atoms with Crippen LogP contribution in [0, 0.1) is 0 Å². The van der Waals surface area contributed by atoms with Crippen LogP contribution in [0.5, 0.6) is 0 Å². The number of carbonyl (C=O) groups is 1. The summed E-state index contributed by atoms with van der Waals surface area (Å²) in [5.74, 6) is -0.00642. The molecule has 3 heterocycles. The number of benzene rings is 1. The molecule has 5 rings (SSSR count). The van der Waals surface area contributed by atoms with Gasteiger partial charge in [-0.2, -0.15) is 9.78 Å². The highest BCUT2D eigenvalue weighted by Crippen LogP contribution is 2.28. The summed E-state index contributed by atoms with van der Waals surface area (Å²) in [5, 5.41) is 7.65. The molecule has 1 fully saturated rings. The maximum Gasteiger partial charge on any atom is 0.257 e. The van der Waals surface area contributed by atoms with Gasteiger partial charge in [0.15, 0.2) is 5.65 Å². The molecule has 0 saturated heterocycles. The van der Waals surface area contributed by atoms with Crippen LogP contribution < -0.4 is 11.1 Å². The van der Waals surface area contributed by atoms with Crippen molar-refractivity contribution in [2.24, 2.45) is 5.10 Å². The van der Waals surface area contributed by atoms with Crippen LogP contribution >= 0.6 is 0 Å². The second-order valence-corrected chi connectivity index (χ2v) is 7.80. The van der Waals surface area contributed by atoms with Crippen molar-refractivity contribution in [2.45, 2.75) is 38.1 Å². The quantitative estimate of drug-likeness (QED) is 0.497. The van der Waals surface area contributed by atoms with Crippen molar-refractivity contribution in [1.82, 2.24) is 24.9 Å². The minimum atomic E-state index is -0.227. The van der Waals surface area contributed by atoms with E-state index in [9.17, 15) is 4.79 Å². The lowest BCUT2D eigenvalue weighted by atomic mass is 9.95. The molecule has 31 heavy (non-hydrogen) atoms. The van der Waals surface area contributed by atoms with Gasteiger partial charge in [0.2, 0.25) is 0 Å². The van der Waals surface area contributed by atoms with E-state index in [-0.39, 0.29) is 17.8 Å². The van der Waals surface area contributed by atoms with Gasteiger partial charge in [-0.05, 0) is 31.0 Å². The fourth-order valence-corrected chi connectivity index (χ4v) is 4.07. The molecule has 1 amide bonds. The molecule has 0 bridgehead atoms. The topological polar surface area (TPSA) is 111 Å². The Bertz CT molecular complexity index is 1270. The number of carbonyl (C=O) groups excluding carboxylic acids is 1. The second-order valence-electron chi connectivity index (χ2n) is 7.80. The predicted octanol–water partition coefficient (Wildman–Crippen LogP) is 3.51. The van der Waals surface area contributed by atoms with Crippen LogP contribution in [-0.4, -0.2) is 37.8 Å². The largest absolute Gasteiger partial charge is 0.383 e. The first-order valence-electron chi connectivity index (χ1n) is 10.5. The van der Waals surface area contributed by atoms with Gasteiger partial charge in [0.25, 0.3) is 5.91 Å². The Balaban J connectivity index is 1.63. The second kappa shape index (κ2) is 8.14. The van der Waals surface area contributed by atoms with E-state index in [1.54, 1.807) is 18.6 Å². The highest BCUT2D eigenvalue weighted by Gasteiger charge is 2.26. The van der Waals surface area contributed by atoms with Gasteiger partial charge in [-0.3, -0.25) is 9.78 Å². The molecule has 156 valence electrons. The fraction of sp³-hybridized carbons (Fsp3) is 0.261. The normalized spacial score (nSPS) is 15.1. The Morgan fingerprint density at radius 1 is 1.10 bits per heavy atom. The summed E-state index contributed by atoms with van der Waals surface area (Å²) < 4.78 is 1.48. The Labute approximate surface area is 179 Å². The van der Waals surface area contributed by atoms with Crippen molar-refractivity contribution in [3.63, 3.8) is 0 Å². The number of nitrogens with one attached hydrogen (secondary N) is 1. The average Bonchev–Trinajstić information content (AvgIpc) is 3.07. The molecule has 0 unspecified atom stereocenters. The first-order chi connectivity index (χ1) is 15.2. The molecular weight excluding hydrogens is 390 g/mol. The molecule has 4 aromatic rings. The molecule has 1 saturated carbocycles. The number of aromatic nitrogens is 4. The van der Waals surface area contributed by atoms with Gasteiger partial charge in [0.05, 0.1) is 17.2 Å². The van der Waals surface area contributed by atoms with Gasteiger partial charge in [-0.15, -0.1) is 0 Å². The van der Waals surface area contributed by atoms with Crippen LogP contribution in [0.2, 0.25) is 0 Å². The third-order valence-electron chi connectivity index (χ3n) is 5.65. The molecule has 8 nitrogen and oxygen atoms in total. The minimum Gasteiger partial charge on any atom is -0.383 e. The smallest absolute Gasteiger partial charge is 0.257 e. The first-order valence-corrected chi connectivity index (χ1v) is 10.5. The van der Waals surface area contributed by atoms with Crippen LogP contribution in [0.25, 0.3) is 22.2 Å². The van der Waals surface area contributed by atoms with Gasteiger partial charge >= 0.3 is 0 Å². The summed E-state index contributed by atoms with van der Waals surface area (Å²) >= 11 is 0. The van der Waals surface area contributed by atoms with Crippen molar-refractivity contribution < 1.29 is 4.79 Å². The molecule has 0 atom stereocenters. The molecule has 0 spiro atoms. The van der Waals surface area contributed by atoms with E-state index >= 15 is 0 Å². The summed E-state index contributed by atoms with van der Waals surface area (Å²) in [6, 6.07) is 11.4. The van der Waals surface area contributed by atoms with Gasteiger partial charge in [0.1, 0.15) is 16.9 Å². The Morgan fingerprint density at radius 2 is 1.87 bits per heavy atom. The number of anilines is 1. The minimum absolute atomic E-state index is 0.159. The maximum absolute atomic E-state index is 13.2. The summed E-state index contributed by atoms with van der Waals surface area (Å²) in [6.45, 7) is 0. The van der Waals surface area contributed by atoms with E-state index < -0.39 is 0 Å². The molecule has 1 aliphatic carbocycles. The molecule has 0 aliphatic heterocycles. The number of nitrogens with zero attached hydrogens (tertiary/aromatic N) is 5. The number of pyridine rings is 1. The number of hydrogen-bond donors (Lipinski definition) is 2. The van der Waals surface area contributed by atoms with Crippen molar-refractivity contribution in [3.8, 4) is 0 Å². The molecule has 1 aromatic carbocycles. The van der Waals surface area contributed by atoms with Gasteiger partial charge < -0.3 is 11.1 Å². The highest BCUT2D eigenvalue weighted by molar-refractivity contribution is 6.10. The third kappa shape index (κ3) is 3.72. The molecular formula is C23H23N7O. The summed E-state index contributed by atoms with van der Waals surface area (Å²) in [7, 11) is 0. The third-order valence-corrected chi connectivity index (χ3v) is 5.65. The number of nitrogens with two attached hydrogens (primary N) is 1. The number of rotatable bonds is 4. The molecule has 8 heteroatoms. The number of para-hydroxylation sites is 2. The Hall–Kier alpha value is -3.81. The zero-order chi connectivity index (χ0) is 21.2. The highest BCUT2D eigenvalue weighted by atomic mass is 16.1. The standard InChI is InChI=1S/C23H23N7O/c24-21-19(23(31)27-16-8-2-1-3-9-16)20-22(29-18-11-5-4-10-17(18)28-20)30(21)26-14-15-7-6-12-25-13-15/h4-7,10-14,16H,1-3,8-9,24H2,(H,27,31)/b26-14+. The van der Waals surface area contributed by atoms with E-state index in [1.165, 1.54) is 11.1 Å². The van der Waals surface area contributed by atoms with Crippen molar-refractivity contribution in [3.05, 3.63) is 59.9 Å². The lowest BCUT2D eigenvalue weighted by molar-refractivity contribution is 0.0930. The number of hydrogen-bond acceptors (Lipinski definition) is 6. The van der Waals surface area contributed by atoms with Gasteiger partial charge in [-0.1, -0.05) is 37.5 Å². The number of nitrogen functional groups attached to an aromatic ring is 1. The first kappa shape index (κ1) is 19.2. The monoisotopic (exact) mass is 413 g/mol. The van der Waals surface area contributed by atoms with Crippen molar-refractivity contribution in [2.75, 3.05) is 5.73 Å². The van der Waals surface area contributed by atoms with E-state index in [1.807, 2.05) is 36.4 Å². The number of fused-ring (bicyclic) bond motifs is 2. The summed E-state index contributed by atoms with van der Waals surface area (Å²) in [5.41, 5.74) is 9.89. The maximum atomic E-state index is 13.2. The van der Waals surface area contributed by atoms with Crippen molar-refractivity contribution >= 4 is 40.1 Å².